The van der Waals surface area contributed by atoms with Gasteiger partial charge in [-0.3, -0.25) is 4.99 Å². The van der Waals surface area contributed by atoms with Crippen molar-refractivity contribution in [3.63, 3.8) is 0 Å². The highest BCUT2D eigenvalue weighted by Gasteiger charge is 2.10. The van der Waals surface area contributed by atoms with Crippen LogP contribution < -0.4 is 0 Å². The summed E-state index contributed by atoms with van der Waals surface area (Å²) >= 11 is 0. The number of hydrogen-bond donors (Lipinski definition) is 0. The molecule has 0 fully saturated rings. The van der Waals surface area contributed by atoms with E-state index < -0.39 is 0 Å². The Morgan fingerprint density at radius 1 is 1.83 bits per heavy atom. The zero-order chi connectivity index (χ0) is 8.81. The summed E-state index contributed by atoms with van der Waals surface area (Å²) in [5, 5.41) is 1.45. The molecule has 0 saturated heterocycles. The van der Waals surface area contributed by atoms with Gasteiger partial charge in [-0.2, -0.15) is 5.06 Å². The van der Waals surface area contributed by atoms with Crippen molar-refractivity contribution in [3.8, 4) is 0 Å². The quantitative estimate of drug-likeness (QED) is 0.582. The fourth-order valence-corrected chi connectivity index (χ4v) is 0.828. The summed E-state index contributed by atoms with van der Waals surface area (Å²) in [6.45, 7) is 4.89. The zero-order valence-electron chi connectivity index (χ0n) is 6.90. The number of nitrogens with zero attached hydrogens (tertiary/aromatic N) is 2. The Morgan fingerprint density at radius 3 is 3.25 bits per heavy atom. The molecule has 0 unspecified atom stereocenters. The topological polar surface area (TPSA) is 41.9 Å². The van der Waals surface area contributed by atoms with E-state index in [-0.39, 0.29) is 5.97 Å². The van der Waals surface area contributed by atoms with Gasteiger partial charge in [-0.1, -0.05) is 6.08 Å². The van der Waals surface area contributed by atoms with Crippen LogP contribution in [0.4, 0.5) is 0 Å². The molecule has 1 rings (SSSR count). The van der Waals surface area contributed by atoms with Crippen LogP contribution in [-0.2, 0) is 9.63 Å². The Kier molecular flexibility index (Phi) is 3.32. The average molecular weight is 168 g/mol. The van der Waals surface area contributed by atoms with Crippen molar-refractivity contribution in [2.75, 3.05) is 13.1 Å². The number of hydroxylamine groups is 2. The molecule has 0 bridgehead atoms. The Labute approximate surface area is 71.5 Å². The lowest BCUT2D eigenvalue weighted by Crippen LogP contribution is -2.24. The maximum atomic E-state index is 11.0. The minimum atomic E-state index is -0.233. The highest BCUT2D eigenvalue weighted by atomic mass is 16.7. The van der Waals surface area contributed by atoms with E-state index in [1.807, 2.05) is 0 Å². The molecule has 1 aliphatic rings. The van der Waals surface area contributed by atoms with E-state index in [1.54, 1.807) is 6.08 Å². The third-order valence-corrected chi connectivity index (χ3v) is 1.43. The minimum absolute atomic E-state index is 0.233. The Bertz CT molecular complexity index is 201. The van der Waals surface area contributed by atoms with Gasteiger partial charge in [0.1, 0.15) is 6.34 Å². The Hall–Kier alpha value is -1.32. The molecular weight excluding hydrogens is 156 g/mol. The summed E-state index contributed by atoms with van der Waals surface area (Å²) in [5.41, 5.74) is 0. The molecule has 0 atom stereocenters. The van der Waals surface area contributed by atoms with Gasteiger partial charge in [0.05, 0.1) is 19.5 Å². The van der Waals surface area contributed by atoms with E-state index >= 15 is 0 Å². The van der Waals surface area contributed by atoms with E-state index in [9.17, 15) is 4.79 Å². The molecule has 0 aliphatic carbocycles. The van der Waals surface area contributed by atoms with Crippen molar-refractivity contribution in [1.82, 2.24) is 5.06 Å². The summed E-state index contributed by atoms with van der Waals surface area (Å²) in [7, 11) is 0. The molecule has 1 heterocycles. The van der Waals surface area contributed by atoms with Gasteiger partial charge in [0.2, 0.25) is 0 Å². The summed E-state index contributed by atoms with van der Waals surface area (Å²) in [6.07, 6.45) is 4.27. The molecule has 4 heteroatoms. The lowest BCUT2D eigenvalue weighted by molar-refractivity contribution is -0.170. The lowest BCUT2D eigenvalue weighted by atomic mass is 10.3. The molecule has 0 aromatic heterocycles. The van der Waals surface area contributed by atoms with Crippen LogP contribution in [0.5, 0.6) is 0 Å². The lowest BCUT2D eigenvalue weighted by Gasteiger charge is -2.11. The molecule has 12 heavy (non-hydrogen) atoms. The molecule has 0 saturated carbocycles. The predicted octanol–water partition coefficient (Wildman–Crippen LogP) is 0.755. The second kappa shape index (κ2) is 4.54. The summed E-state index contributed by atoms with van der Waals surface area (Å²) in [6, 6.07) is 0. The van der Waals surface area contributed by atoms with Crippen LogP contribution in [-0.4, -0.2) is 30.5 Å². The number of carbonyl (C=O) groups excluding carboxylic acids is 1. The second-order valence-electron chi connectivity index (χ2n) is 2.45. The molecule has 1 aliphatic heterocycles. The van der Waals surface area contributed by atoms with E-state index in [2.05, 4.69) is 11.6 Å². The molecule has 0 N–H and O–H groups in total. The molecule has 0 radical (unpaired) electrons. The minimum Gasteiger partial charge on any atom is -0.340 e. The van der Waals surface area contributed by atoms with Crippen LogP contribution in [0.15, 0.2) is 17.6 Å². The van der Waals surface area contributed by atoms with Gasteiger partial charge in [0.15, 0.2) is 0 Å². The van der Waals surface area contributed by atoms with Crippen molar-refractivity contribution in [2.45, 2.75) is 12.8 Å². The third-order valence-electron chi connectivity index (χ3n) is 1.43. The monoisotopic (exact) mass is 168 g/mol. The Balaban J connectivity index is 2.16. The fourth-order valence-electron chi connectivity index (χ4n) is 0.828. The fraction of sp³-hybridized carbons (Fsp3) is 0.500. The van der Waals surface area contributed by atoms with Crippen molar-refractivity contribution in [1.29, 1.82) is 0 Å². The molecule has 0 aromatic rings. The van der Waals surface area contributed by atoms with Gasteiger partial charge in [-0.05, 0) is 6.42 Å². The summed E-state index contributed by atoms with van der Waals surface area (Å²) in [4.78, 5) is 19.8. The van der Waals surface area contributed by atoms with Gasteiger partial charge in [-0.15, -0.1) is 6.58 Å². The standard InChI is InChI=1S/C8H12N2O2/c1-2-3-4-8(11)12-10-6-5-9-7-10/h2,7H,1,3-6H2. The number of hydrogen-bond acceptors (Lipinski definition) is 4. The normalized spacial score (nSPS) is 14.8. The van der Waals surface area contributed by atoms with E-state index in [0.29, 0.717) is 25.9 Å². The van der Waals surface area contributed by atoms with Crippen LogP contribution in [0.2, 0.25) is 0 Å². The molecule has 0 amide bonds. The second-order valence-corrected chi connectivity index (χ2v) is 2.45. The summed E-state index contributed by atoms with van der Waals surface area (Å²) < 4.78 is 0. The van der Waals surface area contributed by atoms with Crippen LogP contribution in [0.1, 0.15) is 12.8 Å². The largest absolute Gasteiger partial charge is 0.340 e. The smallest absolute Gasteiger partial charge is 0.332 e. The number of allylic oxidation sites excluding steroid dienone is 1. The Morgan fingerprint density at radius 2 is 2.67 bits per heavy atom. The molecule has 4 nitrogen and oxygen atoms in total. The van der Waals surface area contributed by atoms with Gasteiger partial charge >= 0.3 is 5.97 Å². The molecule has 0 spiro atoms. The average Bonchev–Trinajstić information content (AvgIpc) is 2.53. The molecule has 66 valence electrons. The van der Waals surface area contributed by atoms with Gasteiger partial charge < -0.3 is 4.84 Å². The van der Waals surface area contributed by atoms with Crippen molar-refractivity contribution in [2.24, 2.45) is 4.99 Å². The number of aliphatic imine (C=N–C) groups is 1. The summed E-state index contributed by atoms with van der Waals surface area (Å²) in [5.74, 6) is -0.233. The first kappa shape index (κ1) is 8.77. The van der Waals surface area contributed by atoms with Crippen LogP contribution in [0.3, 0.4) is 0 Å². The van der Waals surface area contributed by atoms with Gasteiger partial charge in [-0.25, -0.2) is 4.79 Å². The van der Waals surface area contributed by atoms with E-state index in [0.717, 1.165) is 0 Å². The van der Waals surface area contributed by atoms with Crippen LogP contribution in [0.25, 0.3) is 0 Å². The van der Waals surface area contributed by atoms with E-state index in [1.165, 1.54) is 11.4 Å². The maximum Gasteiger partial charge on any atom is 0.332 e. The van der Waals surface area contributed by atoms with Crippen LogP contribution in [0, 0.1) is 0 Å². The first-order valence-corrected chi connectivity index (χ1v) is 3.91. The van der Waals surface area contributed by atoms with Crippen molar-refractivity contribution < 1.29 is 9.63 Å². The van der Waals surface area contributed by atoms with E-state index in [4.69, 9.17) is 4.84 Å². The SMILES string of the molecule is C=CCCC(=O)ON1C=NCC1. The predicted molar refractivity (Wildman–Crippen MR) is 45.6 cm³/mol. The highest BCUT2D eigenvalue weighted by Crippen LogP contribution is 1.99. The highest BCUT2D eigenvalue weighted by molar-refractivity contribution is 5.71. The van der Waals surface area contributed by atoms with Gasteiger partial charge in [0, 0.05) is 0 Å². The maximum absolute atomic E-state index is 11.0. The number of carbonyl (C=O) groups is 1. The molecule has 0 aromatic carbocycles. The number of rotatable bonds is 4. The third kappa shape index (κ3) is 2.74. The van der Waals surface area contributed by atoms with Crippen molar-refractivity contribution in [3.05, 3.63) is 12.7 Å². The van der Waals surface area contributed by atoms with Crippen molar-refractivity contribution >= 4 is 12.3 Å². The van der Waals surface area contributed by atoms with Crippen LogP contribution >= 0.6 is 0 Å². The van der Waals surface area contributed by atoms with Gasteiger partial charge in [0.25, 0.3) is 0 Å². The first-order chi connectivity index (χ1) is 5.83. The zero-order valence-corrected chi connectivity index (χ0v) is 6.90. The molecular formula is C8H12N2O2. The first-order valence-electron chi connectivity index (χ1n) is 3.91.